The number of hydrogen-bond donors (Lipinski definition) is 1. The maximum Gasteiger partial charge on any atom is 0.339 e. The summed E-state index contributed by atoms with van der Waals surface area (Å²) >= 11 is 12.5. The van der Waals surface area contributed by atoms with E-state index < -0.39 is 5.97 Å². The van der Waals surface area contributed by atoms with Gasteiger partial charge in [-0.05, 0) is 72.2 Å². The number of nitrogen functional groups attached to an aromatic ring is 1. The van der Waals surface area contributed by atoms with Crippen molar-refractivity contribution in [2.45, 2.75) is 13.5 Å². The molecule has 0 fully saturated rings. The molecule has 0 atom stereocenters. The minimum absolute atomic E-state index is 0.296. The Morgan fingerprint density at radius 3 is 2.22 bits per heavy atom. The van der Waals surface area contributed by atoms with E-state index in [1.165, 1.54) is 7.11 Å². The van der Waals surface area contributed by atoms with Crippen LogP contribution in [0.1, 0.15) is 28.7 Å². The van der Waals surface area contributed by atoms with Crippen LogP contribution in [-0.2, 0) is 11.3 Å². The highest BCUT2D eigenvalue weighted by Crippen LogP contribution is 2.31. The van der Waals surface area contributed by atoms with Crippen molar-refractivity contribution in [1.29, 1.82) is 0 Å². The molecule has 0 unspecified atom stereocenters. The fraction of sp³-hybridized carbons (Fsp3) is 0.0909. The van der Waals surface area contributed by atoms with E-state index in [1.807, 2.05) is 54.7 Å². The van der Waals surface area contributed by atoms with Crippen LogP contribution in [0.3, 0.4) is 0 Å². The molecule has 0 aliphatic rings. The van der Waals surface area contributed by atoms with Crippen LogP contribution in [0.25, 0.3) is 34.5 Å². The fourth-order valence-electron chi connectivity index (χ4n) is 4.35. The summed E-state index contributed by atoms with van der Waals surface area (Å²) in [5, 5.41) is 1.17. The number of rotatable bonds is 8. The van der Waals surface area contributed by atoms with Gasteiger partial charge in [0.2, 0.25) is 0 Å². The van der Waals surface area contributed by atoms with Crippen molar-refractivity contribution in [2.24, 2.45) is 0 Å². The Morgan fingerprint density at radius 2 is 1.59 bits per heavy atom. The third kappa shape index (κ3) is 6.46. The Bertz CT molecular complexity index is 1730. The van der Waals surface area contributed by atoms with Crippen molar-refractivity contribution in [2.75, 3.05) is 12.8 Å². The maximum atomic E-state index is 11.7. The van der Waals surface area contributed by atoms with Crippen LogP contribution in [0.5, 0.6) is 11.5 Å². The summed E-state index contributed by atoms with van der Waals surface area (Å²) in [6.07, 6.45) is 6.04. The summed E-state index contributed by atoms with van der Waals surface area (Å²) in [5.74, 6) is 1.55. The molecular weight excluding hydrogens is 557 g/mol. The number of methoxy groups -OCH3 is 1. The lowest BCUT2D eigenvalue weighted by molar-refractivity contribution is 0.0602. The lowest BCUT2D eigenvalue weighted by Crippen LogP contribution is -2.05. The molecular formula is C33H27Cl2N3O3. The third-order valence-electron chi connectivity index (χ3n) is 6.54. The van der Waals surface area contributed by atoms with Crippen molar-refractivity contribution >= 4 is 47.0 Å². The zero-order chi connectivity index (χ0) is 28.9. The van der Waals surface area contributed by atoms with Gasteiger partial charge in [-0.15, -0.1) is 0 Å². The van der Waals surface area contributed by atoms with Gasteiger partial charge in [-0.3, -0.25) is 0 Å². The van der Waals surface area contributed by atoms with Crippen LogP contribution in [-0.4, -0.2) is 22.6 Å². The van der Waals surface area contributed by atoms with Gasteiger partial charge in [0.15, 0.2) is 0 Å². The van der Waals surface area contributed by atoms with Crippen molar-refractivity contribution in [3.63, 3.8) is 0 Å². The summed E-state index contributed by atoms with van der Waals surface area (Å²) < 4.78 is 12.7. The van der Waals surface area contributed by atoms with Crippen molar-refractivity contribution < 1.29 is 14.3 Å². The van der Waals surface area contributed by atoms with E-state index >= 15 is 0 Å². The van der Waals surface area contributed by atoms with Gasteiger partial charge in [-0.1, -0.05) is 65.7 Å². The van der Waals surface area contributed by atoms with E-state index in [1.54, 1.807) is 24.3 Å². The van der Waals surface area contributed by atoms with Crippen LogP contribution in [0.4, 0.5) is 5.69 Å². The lowest BCUT2D eigenvalue weighted by atomic mass is 10.0. The number of nitrogens with two attached hydrogens (primary N) is 1. The van der Waals surface area contributed by atoms with Crippen molar-refractivity contribution in [1.82, 2.24) is 9.55 Å². The van der Waals surface area contributed by atoms with Gasteiger partial charge in [0.05, 0.1) is 23.4 Å². The second-order valence-electron chi connectivity index (χ2n) is 9.22. The molecule has 41 heavy (non-hydrogen) atoms. The molecule has 2 N–H and O–H groups in total. The molecule has 0 aliphatic heterocycles. The molecule has 8 heteroatoms. The monoisotopic (exact) mass is 583 g/mol. The normalized spacial score (nSPS) is 11.1. The number of aryl methyl sites for hydroxylation is 1. The molecule has 0 aliphatic carbocycles. The molecule has 0 saturated carbocycles. The van der Waals surface area contributed by atoms with E-state index in [-0.39, 0.29) is 0 Å². The summed E-state index contributed by atoms with van der Waals surface area (Å²) in [4.78, 5) is 16.5. The second-order valence-corrected chi connectivity index (χ2v) is 10.1. The Labute approximate surface area is 248 Å². The second kappa shape index (κ2) is 12.3. The van der Waals surface area contributed by atoms with Gasteiger partial charge in [-0.2, -0.15) is 0 Å². The quantitative estimate of drug-likeness (QED) is 0.146. The molecule has 206 valence electrons. The van der Waals surface area contributed by atoms with Crippen LogP contribution < -0.4 is 10.5 Å². The van der Waals surface area contributed by atoms with E-state index in [4.69, 9.17) is 43.4 Å². The minimum Gasteiger partial charge on any atom is -0.465 e. The van der Waals surface area contributed by atoms with Crippen LogP contribution >= 0.6 is 23.2 Å². The molecule has 1 aromatic heterocycles. The van der Waals surface area contributed by atoms with Gasteiger partial charge in [0.1, 0.15) is 17.3 Å². The number of halogens is 2. The molecule has 0 saturated heterocycles. The average Bonchev–Trinajstić information content (AvgIpc) is 3.39. The van der Waals surface area contributed by atoms with Gasteiger partial charge < -0.3 is 19.8 Å². The van der Waals surface area contributed by atoms with Crippen LogP contribution in [0.15, 0.2) is 91.1 Å². The predicted molar refractivity (Wildman–Crippen MR) is 166 cm³/mol. The zero-order valence-corrected chi connectivity index (χ0v) is 24.0. The first-order valence-corrected chi connectivity index (χ1v) is 13.7. The summed E-state index contributed by atoms with van der Waals surface area (Å²) in [7, 11) is 1.32. The maximum absolute atomic E-state index is 11.7. The van der Waals surface area contributed by atoms with E-state index in [2.05, 4.69) is 35.8 Å². The molecule has 4 aromatic carbocycles. The number of esters is 1. The Morgan fingerprint density at radius 1 is 0.902 bits per heavy atom. The number of carbonyl (C=O) groups is 1. The largest absolute Gasteiger partial charge is 0.465 e. The number of carbonyl (C=O) groups excluding carboxylic acids is 1. The number of anilines is 1. The lowest BCUT2D eigenvalue weighted by Gasteiger charge is -2.10. The first-order valence-electron chi connectivity index (χ1n) is 12.9. The topological polar surface area (TPSA) is 79.4 Å². The van der Waals surface area contributed by atoms with Gasteiger partial charge in [0, 0.05) is 35.1 Å². The third-order valence-corrected chi connectivity index (χ3v) is 7.09. The highest BCUT2D eigenvalue weighted by molar-refractivity contribution is 6.36. The van der Waals surface area contributed by atoms with E-state index in [0.717, 1.165) is 40.3 Å². The number of aromatic nitrogens is 2. The zero-order valence-electron chi connectivity index (χ0n) is 22.5. The average molecular weight is 585 g/mol. The summed E-state index contributed by atoms with van der Waals surface area (Å²) in [6.45, 7) is 2.86. The SMILES string of the molecule is CCn1cc(-c2ccc(Cl)cc2Cl)nc1C=Cc1ccc(-c2ccc(Oc3ccc(C(=O)OC)c(N)c3)cc2)cc1. The van der Waals surface area contributed by atoms with Gasteiger partial charge >= 0.3 is 5.97 Å². The number of imidazole rings is 1. The molecule has 0 radical (unpaired) electrons. The predicted octanol–water partition coefficient (Wildman–Crippen LogP) is 8.88. The first-order chi connectivity index (χ1) is 19.8. The molecule has 5 aromatic rings. The number of nitrogens with zero attached hydrogens (tertiary/aromatic N) is 2. The summed E-state index contributed by atoms with van der Waals surface area (Å²) in [6, 6.07) is 26.4. The smallest absolute Gasteiger partial charge is 0.339 e. The number of benzene rings is 4. The Kier molecular flexibility index (Phi) is 8.43. The molecule has 1 heterocycles. The van der Waals surface area contributed by atoms with Crippen LogP contribution in [0.2, 0.25) is 10.0 Å². The number of hydrogen-bond acceptors (Lipinski definition) is 5. The minimum atomic E-state index is -0.485. The van der Waals surface area contributed by atoms with Gasteiger partial charge in [0.25, 0.3) is 0 Å². The van der Waals surface area contributed by atoms with Crippen molar-refractivity contribution in [3.05, 3.63) is 118 Å². The highest BCUT2D eigenvalue weighted by Gasteiger charge is 2.12. The molecule has 6 nitrogen and oxygen atoms in total. The highest BCUT2D eigenvalue weighted by atomic mass is 35.5. The standard InChI is InChI=1S/C33H27Cl2N3O3/c1-3-38-20-31(27-15-11-24(34)18-29(27)35)37-32(38)17-6-21-4-7-22(8-5-21)23-9-12-25(13-10-23)41-26-14-16-28(30(36)19-26)33(39)40-2/h4-20H,3,36H2,1-2H3. The Hall–Kier alpha value is -4.52. The Balaban J connectivity index is 1.27. The molecule has 0 amide bonds. The van der Waals surface area contributed by atoms with E-state index in [0.29, 0.717) is 32.8 Å². The molecule has 5 rings (SSSR count). The van der Waals surface area contributed by atoms with E-state index in [9.17, 15) is 4.79 Å². The van der Waals surface area contributed by atoms with Gasteiger partial charge in [-0.25, -0.2) is 9.78 Å². The molecule has 0 spiro atoms. The molecule has 0 bridgehead atoms. The summed E-state index contributed by atoms with van der Waals surface area (Å²) in [5.41, 5.74) is 11.4. The first kappa shape index (κ1) is 28.0. The van der Waals surface area contributed by atoms with Crippen molar-refractivity contribution in [3.8, 4) is 33.9 Å². The number of ether oxygens (including phenoxy) is 2. The van der Waals surface area contributed by atoms with Crippen LogP contribution in [0, 0.1) is 0 Å². The fourth-order valence-corrected chi connectivity index (χ4v) is 4.86.